The summed E-state index contributed by atoms with van der Waals surface area (Å²) < 4.78 is 11.3. The highest BCUT2D eigenvalue weighted by Gasteiger charge is 2.43. The van der Waals surface area contributed by atoms with Crippen LogP contribution in [-0.2, 0) is 9.47 Å². The molecule has 2 heterocycles. The molecule has 0 aromatic carbocycles. The van der Waals surface area contributed by atoms with Crippen molar-refractivity contribution >= 4 is 0 Å². The topological polar surface area (TPSA) is 44.5 Å². The Hall–Kier alpha value is -0.120. The molecule has 0 radical (unpaired) electrons. The summed E-state index contributed by atoms with van der Waals surface area (Å²) in [6, 6.07) is 0.160. The van der Waals surface area contributed by atoms with Gasteiger partial charge in [0.15, 0.2) is 0 Å². The van der Waals surface area contributed by atoms with Crippen molar-refractivity contribution in [2.75, 3.05) is 6.61 Å². The molecule has 0 aliphatic carbocycles. The molecule has 2 aliphatic rings. The number of nitrogens with two attached hydrogens (primary N) is 1. The summed E-state index contributed by atoms with van der Waals surface area (Å²) in [5, 5.41) is 0. The summed E-state index contributed by atoms with van der Waals surface area (Å²) >= 11 is 0. The number of rotatable bonds is 4. The molecule has 2 rings (SSSR count). The third-order valence-electron chi connectivity index (χ3n) is 3.32. The summed E-state index contributed by atoms with van der Waals surface area (Å²) in [7, 11) is 0. The van der Waals surface area contributed by atoms with Gasteiger partial charge < -0.3 is 15.2 Å². The van der Waals surface area contributed by atoms with Gasteiger partial charge in [-0.05, 0) is 33.1 Å². The van der Waals surface area contributed by atoms with Crippen LogP contribution in [0.2, 0.25) is 0 Å². The number of fused-ring (bicyclic) bond motifs is 2. The van der Waals surface area contributed by atoms with Gasteiger partial charge in [-0.1, -0.05) is 0 Å². The van der Waals surface area contributed by atoms with Crippen molar-refractivity contribution in [3.8, 4) is 0 Å². The maximum absolute atomic E-state index is 6.11. The molecule has 0 saturated carbocycles. The SMILES string of the molecule is CC(C)OCC(N)C1CC2CCC1O2. The van der Waals surface area contributed by atoms with Crippen LogP contribution in [0.1, 0.15) is 33.1 Å². The average Bonchev–Trinajstić information content (AvgIpc) is 2.74. The quantitative estimate of drug-likeness (QED) is 0.742. The highest BCUT2D eigenvalue weighted by atomic mass is 16.5. The van der Waals surface area contributed by atoms with E-state index < -0.39 is 0 Å². The highest BCUT2D eigenvalue weighted by molar-refractivity contribution is 4.94. The van der Waals surface area contributed by atoms with Crippen molar-refractivity contribution in [1.82, 2.24) is 0 Å². The van der Waals surface area contributed by atoms with Crippen LogP contribution in [0.25, 0.3) is 0 Å². The van der Waals surface area contributed by atoms with E-state index in [2.05, 4.69) is 0 Å². The van der Waals surface area contributed by atoms with Crippen LogP contribution >= 0.6 is 0 Å². The largest absolute Gasteiger partial charge is 0.377 e. The van der Waals surface area contributed by atoms with E-state index in [4.69, 9.17) is 15.2 Å². The molecule has 3 heteroatoms. The zero-order valence-corrected chi connectivity index (χ0v) is 9.11. The van der Waals surface area contributed by atoms with Crippen LogP contribution in [-0.4, -0.2) is 31.0 Å². The van der Waals surface area contributed by atoms with Crippen LogP contribution in [0.5, 0.6) is 0 Å². The lowest BCUT2D eigenvalue weighted by Gasteiger charge is -2.25. The van der Waals surface area contributed by atoms with Gasteiger partial charge >= 0.3 is 0 Å². The normalized spacial score (nSPS) is 38.1. The van der Waals surface area contributed by atoms with Crippen LogP contribution in [0.15, 0.2) is 0 Å². The van der Waals surface area contributed by atoms with Crippen molar-refractivity contribution in [3.63, 3.8) is 0 Å². The average molecular weight is 199 g/mol. The zero-order valence-electron chi connectivity index (χ0n) is 9.11. The third-order valence-corrected chi connectivity index (χ3v) is 3.32. The van der Waals surface area contributed by atoms with E-state index in [0.717, 1.165) is 6.42 Å². The summed E-state index contributed by atoms with van der Waals surface area (Å²) in [6.45, 7) is 4.77. The van der Waals surface area contributed by atoms with E-state index in [1.165, 1.54) is 12.8 Å². The number of ether oxygens (including phenoxy) is 2. The molecule has 82 valence electrons. The van der Waals surface area contributed by atoms with Gasteiger partial charge in [0.1, 0.15) is 0 Å². The Kier molecular flexibility index (Phi) is 3.10. The highest BCUT2D eigenvalue weighted by Crippen LogP contribution is 2.39. The molecule has 2 N–H and O–H groups in total. The molecule has 2 aliphatic heterocycles. The first-order valence-electron chi connectivity index (χ1n) is 5.69. The summed E-state index contributed by atoms with van der Waals surface area (Å²) in [5.74, 6) is 0.535. The van der Waals surface area contributed by atoms with E-state index in [0.29, 0.717) is 24.7 Å². The van der Waals surface area contributed by atoms with Crippen molar-refractivity contribution in [1.29, 1.82) is 0 Å². The van der Waals surface area contributed by atoms with Crippen LogP contribution < -0.4 is 5.73 Å². The predicted octanol–water partition coefficient (Wildman–Crippen LogP) is 1.31. The third kappa shape index (κ3) is 2.10. The Morgan fingerprint density at radius 3 is 2.71 bits per heavy atom. The van der Waals surface area contributed by atoms with Gasteiger partial charge in [0.2, 0.25) is 0 Å². The minimum Gasteiger partial charge on any atom is -0.377 e. The fourth-order valence-corrected chi connectivity index (χ4v) is 2.55. The van der Waals surface area contributed by atoms with Crippen LogP contribution in [0.4, 0.5) is 0 Å². The molecule has 4 unspecified atom stereocenters. The first kappa shape index (κ1) is 10.4. The molecular formula is C11H21NO2. The molecule has 2 bridgehead atoms. The Balaban J connectivity index is 1.78. The van der Waals surface area contributed by atoms with Crippen molar-refractivity contribution < 1.29 is 9.47 Å². The van der Waals surface area contributed by atoms with E-state index >= 15 is 0 Å². The van der Waals surface area contributed by atoms with Gasteiger partial charge in [-0.3, -0.25) is 0 Å². The smallest absolute Gasteiger partial charge is 0.0624 e. The second-order valence-corrected chi connectivity index (χ2v) is 4.82. The first-order valence-corrected chi connectivity index (χ1v) is 5.69. The fraction of sp³-hybridized carbons (Fsp3) is 1.00. The monoisotopic (exact) mass is 199 g/mol. The first-order chi connectivity index (χ1) is 6.66. The Labute approximate surface area is 85.9 Å². The van der Waals surface area contributed by atoms with Crippen molar-refractivity contribution in [2.24, 2.45) is 11.7 Å². The van der Waals surface area contributed by atoms with Crippen molar-refractivity contribution in [3.05, 3.63) is 0 Å². The lowest BCUT2D eigenvalue weighted by Crippen LogP contribution is -2.40. The second kappa shape index (κ2) is 4.17. The van der Waals surface area contributed by atoms with Gasteiger partial charge in [-0.2, -0.15) is 0 Å². The molecule has 2 fully saturated rings. The minimum absolute atomic E-state index is 0.160. The van der Waals surface area contributed by atoms with Gasteiger partial charge in [-0.25, -0.2) is 0 Å². The molecule has 0 amide bonds. The minimum atomic E-state index is 0.160. The van der Waals surface area contributed by atoms with Crippen LogP contribution in [0.3, 0.4) is 0 Å². The number of hydrogen-bond acceptors (Lipinski definition) is 3. The summed E-state index contributed by atoms with van der Waals surface area (Å²) in [4.78, 5) is 0. The van der Waals surface area contributed by atoms with Gasteiger partial charge in [-0.15, -0.1) is 0 Å². The molecule has 0 aromatic heterocycles. The second-order valence-electron chi connectivity index (χ2n) is 4.82. The molecular weight excluding hydrogens is 178 g/mol. The standard InChI is InChI=1S/C11H21NO2/c1-7(2)13-6-10(12)9-5-8-3-4-11(9)14-8/h7-11H,3-6,12H2,1-2H3. The fourth-order valence-electron chi connectivity index (χ4n) is 2.55. The van der Waals surface area contributed by atoms with Gasteiger partial charge in [0.25, 0.3) is 0 Å². The van der Waals surface area contributed by atoms with E-state index in [9.17, 15) is 0 Å². The summed E-state index contributed by atoms with van der Waals surface area (Å²) in [5.41, 5.74) is 6.11. The zero-order chi connectivity index (χ0) is 10.1. The Morgan fingerprint density at radius 1 is 1.43 bits per heavy atom. The van der Waals surface area contributed by atoms with E-state index in [1.54, 1.807) is 0 Å². The van der Waals surface area contributed by atoms with Crippen LogP contribution in [0, 0.1) is 5.92 Å². The maximum Gasteiger partial charge on any atom is 0.0624 e. The maximum atomic E-state index is 6.11. The summed E-state index contributed by atoms with van der Waals surface area (Å²) in [6.07, 6.45) is 4.78. The molecule has 2 saturated heterocycles. The lowest BCUT2D eigenvalue weighted by molar-refractivity contribution is 0.0409. The Morgan fingerprint density at radius 2 is 2.21 bits per heavy atom. The molecule has 4 atom stereocenters. The predicted molar refractivity (Wildman–Crippen MR) is 55.1 cm³/mol. The molecule has 0 spiro atoms. The Bertz CT molecular complexity index is 196. The lowest BCUT2D eigenvalue weighted by atomic mass is 9.84. The van der Waals surface area contributed by atoms with Gasteiger partial charge in [0, 0.05) is 12.0 Å². The van der Waals surface area contributed by atoms with E-state index in [-0.39, 0.29) is 12.1 Å². The van der Waals surface area contributed by atoms with Gasteiger partial charge in [0.05, 0.1) is 24.9 Å². The number of hydrogen-bond donors (Lipinski definition) is 1. The van der Waals surface area contributed by atoms with Crippen molar-refractivity contribution in [2.45, 2.75) is 57.5 Å². The molecule has 14 heavy (non-hydrogen) atoms. The molecule has 0 aromatic rings. The molecule has 3 nitrogen and oxygen atoms in total. The van der Waals surface area contributed by atoms with E-state index in [1.807, 2.05) is 13.8 Å².